The Morgan fingerprint density at radius 1 is 1.22 bits per heavy atom. The maximum Gasteiger partial charge on any atom is 0.250 e. The first-order valence-corrected chi connectivity index (χ1v) is 12.1. The molecule has 0 unspecified atom stereocenters. The number of benzene rings is 1. The molecule has 174 valence electrons. The lowest BCUT2D eigenvalue weighted by Gasteiger charge is -2.45. The fraction of sp³-hybridized carbons (Fsp3) is 0.625. The lowest BCUT2D eigenvalue weighted by Crippen LogP contribution is -2.58. The second kappa shape index (κ2) is 10.3. The number of aromatic nitrogens is 3. The molecule has 1 N–H and O–H groups in total. The fourth-order valence-corrected chi connectivity index (χ4v) is 5.13. The van der Waals surface area contributed by atoms with Crippen LogP contribution in [0.3, 0.4) is 0 Å². The van der Waals surface area contributed by atoms with Crippen LogP contribution < -0.4 is 5.32 Å². The maximum absolute atomic E-state index is 12.5. The molecule has 2 fully saturated rings. The van der Waals surface area contributed by atoms with E-state index in [1.165, 1.54) is 5.56 Å². The van der Waals surface area contributed by atoms with Crippen LogP contribution in [0.1, 0.15) is 55.7 Å². The Morgan fingerprint density at radius 2 is 1.94 bits per heavy atom. The van der Waals surface area contributed by atoms with Crippen LogP contribution in [0.25, 0.3) is 0 Å². The van der Waals surface area contributed by atoms with Crippen LogP contribution in [0.2, 0.25) is 5.02 Å². The highest BCUT2D eigenvalue weighted by Gasteiger charge is 2.38. The Hall–Kier alpha value is -1.96. The van der Waals surface area contributed by atoms with Crippen LogP contribution >= 0.6 is 11.6 Å². The minimum atomic E-state index is -0.408. The van der Waals surface area contributed by atoms with Gasteiger partial charge in [-0.2, -0.15) is 5.10 Å². The van der Waals surface area contributed by atoms with Crippen molar-refractivity contribution in [1.29, 1.82) is 0 Å². The van der Waals surface area contributed by atoms with Gasteiger partial charge in [-0.05, 0) is 63.6 Å². The van der Waals surface area contributed by atoms with E-state index in [2.05, 4.69) is 32.4 Å². The molecule has 4 rings (SSSR count). The number of halogens is 1. The van der Waals surface area contributed by atoms with Crippen LogP contribution in [0, 0.1) is 6.92 Å². The lowest BCUT2D eigenvalue weighted by molar-refractivity contribution is -0.145. The van der Waals surface area contributed by atoms with E-state index in [9.17, 15) is 4.79 Å². The highest BCUT2D eigenvalue weighted by molar-refractivity contribution is 6.30. The number of hydrogen-bond donors (Lipinski definition) is 1. The molecule has 2 aromatic rings. The Kier molecular flexibility index (Phi) is 7.48. The maximum atomic E-state index is 12.5. The fourth-order valence-electron chi connectivity index (χ4n) is 5.00. The Balaban J connectivity index is 1.45. The summed E-state index contributed by atoms with van der Waals surface area (Å²) in [6.45, 7) is 5.76. The second-order valence-corrected chi connectivity index (χ2v) is 9.48. The molecule has 2 aliphatic rings. The highest BCUT2D eigenvalue weighted by Crippen LogP contribution is 2.35. The Morgan fingerprint density at radius 3 is 2.56 bits per heavy atom. The van der Waals surface area contributed by atoms with Crippen LogP contribution in [0.4, 0.5) is 0 Å². The summed E-state index contributed by atoms with van der Waals surface area (Å²) in [5.74, 6) is 2.34. The lowest BCUT2D eigenvalue weighted by atomic mass is 9.83. The molecular formula is C24H34ClN5O2. The normalized spacial score (nSPS) is 26.8. The minimum absolute atomic E-state index is 0.00992. The van der Waals surface area contributed by atoms with Crippen molar-refractivity contribution in [3.05, 3.63) is 46.5 Å². The molecule has 0 spiro atoms. The number of likely N-dealkylation sites (N-methyl/N-ethyl adjacent to an activating group) is 1. The van der Waals surface area contributed by atoms with Crippen molar-refractivity contribution in [1.82, 2.24) is 25.0 Å². The smallest absolute Gasteiger partial charge is 0.250 e. The number of aryl methyl sites for hydroxylation is 2. The topological polar surface area (TPSA) is 72.3 Å². The standard InChI is InChI=1S/C24H34ClN5O2/c1-4-26-24(31)22-14-30(21(15-32-22)13-17-5-9-19(25)10-6-17)20-11-7-18(8-12-20)23-27-16(2)29(3)28-23/h5-6,9-10,18,20-22H,4,7-8,11-15H2,1-3H3,(H,26,31)/t18?,20?,21-,22+/m0/s1. The van der Waals surface area contributed by atoms with Crippen molar-refractivity contribution >= 4 is 17.5 Å². The van der Waals surface area contributed by atoms with E-state index in [4.69, 9.17) is 16.3 Å². The van der Waals surface area contributed by atoms with Crippen molar-refractivity contribution in [2.75, 3.05) is 19.7 Å². The van der Waals surface area contributed by atoms with Gasteiger partial charge in [-0.1, -0.05) is 23.7 Å². The molecule has 8 heteroatoms. The molecule has 32 heavy (non-hydrogen) atoms. The number of amides is 1. The van der Waals surface area contributed by atoms with E-state index >= 15 is 0 Å². The van der Waals surface area contributed by atoms with Gasteiger partial charge in [-0.15, -0.1) is 0 Å². The highest BCUT2D eigenvalue weighted by atomic mass is 35.5. The average molecular weight is 460 g/mol. The monoisotopic (exact) mass is 459 g/mol. The van der Waals surface area contributed by atoms with Gasteiger partial charge in [-0.25, -0.2) is 4.98 Å². The van der Waals surface area contributed by atoms with Gasteiger partial charge >= 0.3 is 0 Å². The summed E-state index contributed by atoms with van der Waals surface area (Å²) in [5, 5.41) is 8.28. The number of hydrogen-bond acceptors (Lipinski definition) is 5. The van der Waals surface area contributed by atoms with Gasteiger partial charge in [-0.3, -0.25) is 14.4 Å². The first kappa shape index (κ1) is 23.2. The van der Waals surface area contributed by atoms with E-state index in [0.29, 0.717) is 31.7 Å². The molecule has 1 aliphatic heterocycles. The molecule has 0 radical (unpaired) electrons. The zero-order valence-corrected chi connectivity index (χ0v) is 20.0. The Labute approximate surface area is 195 Å². The van der Waals surface area contributed by atoms with Gasteiger partial charge in [0.2, 0.25) is 5.91 Å². The average Bonchev–Trinajstić information content (AvgIpc) is 3.14. The number of carbonyl (C=O) groups excluding carboxylic acids is 1. The number of carbonyl (C=O) groups is 1. The van der Waals surface area contributed by atoms with Crippen molar-refractivity contribution < 1.29 is 9.53 Å². The zero-order valence-electron chi connectivity index (χ0n) is 19.3. The molecule has 1 aromatic heterocycles. The number of ether oxygens (including phenoxy) is 1. The minimum Gasteiger partial charge on any atom is -0.365 e. The third kappa shape index (κ3) is 5.33. The Bertz CT molecular complexity index is 888. The molecule has 1 aliphatic carbocycles. The van der Waals surface area contributed by atoms with E-state index in [-0.39, 0.29) is 11.9 Å². The first-order valence-electron chi connectivity index (χ1n) is 11.7. The van der Waals surface area contributed by atoms with Crippen LogP contribution in [0.15, 0.2) is 24.3 Å². The largest absolute Gasteiger partial charge is 0.365 e. The predicted molar refractivity (Wildman–Crippen MR) is 125 cm³/mol. The van der Waals surface area contributed by atoms with Crippen molar-refractivity contribution in [3.63, 3.8) is 0 Å². The molecule has 7 nitrogen and oxygen atoms in total. The molecule has 2 atom stereocenters. The molecular weight excluding hydrogens is 426 g/mol. The summed E-state index contributed by atoms with van der Waals surface area (Å²) in [6, 6.07) is 8.74. The number of nitrogens with one attached hydrogen (secondary N) is 1. The number of morpholine rings is 1. The molecule has 1 aromatic carbocycles. The van der Waals surface area contributed by atoms with Gasteiger partial charge in [0, 0.05) is 43.2 Å². The SMILES string of the molecule is CCNC(=O)[C@H]1CN(C2CCC(c3nc(C)n(C)n3)CC2)[C@@H](Cc2ccc(Cl)cc2)CO1. The van der Waals surface area contributed by atoms with Crippen LogP contribution in [-0.4, -0.2) is 63.5 Å². The van der Waals surface area contributed by atoms with Gasteiger partial charge in [0.05, 0.1) is 6.61 Å². The summed E-state index contributed by atoms with van der Waals surface area (Å²) >= 11 is 6.07. The molecule has 1 amide bonds. The second-order valence-electron chi connectivity index (χ2n) is 9.04. The third-order valence-electron chi connectivity index (χ3n) is 6.89. The van der Waals surface area contributed by atoms with Gasteiger partial charge < -0.3 is 10.1 Å². The quantitative estimate of drug-likeness (QED) is 0.717. The number of rotatable bonds is 6. The van der Waals surface area contributed by atoms with Gasteiger partial charge in [0.25, 0.3) is 0 Å². The molecule has 2 heterocycles. The summed E-state index contributed by atoms with van der Waals surface area (Å²) in [4.78, 5) is 19.7. The first-order chi connectivity index (χ1) is 15.4. The van der Waals surface area contributed by atoms with Crippen molar-refractivity contribution in [3.8, 4) is 0 Å². The van der Waals surface area contributed by atoms with Crippen LogP contribution in [-0.2, 0) is 23.0 Å². The molecule has 0 bridgehead atoms. The summed E-state index contributed by atoms with van der Waals surface area (Å²) in [7, 11) is 1.95. The van der Waals surface area contributed by atoms with Crippen molar-refractivity contribution in [2.45, 2.75) is 70.1 Å². The summed E-state index contributed by atoms with van der Waals surface area (Å²) < 4.78 is 7.89. The van der Waals surface area contributed by atoms with Crippen molar-refractivity contribution in [2.24, 2.45) is 7.05 Å². The molecule has 1 saturated carbocycles. The van der Waals surface area contributed by atoms with Gasteiger partial charge in [0.1, 0.15) is 11.9 Å². The predicted octanol–water partition coefficient (Wildman–Crippen LogP) is 3.25. The summed E-state index contributed by atoms with van der Waals surface area (Å²) in [5.41, 5.74) is 1.24. The van der Waals surface area contributed by atoms with Crippen LogP contribution in [0.5, 0.6) is 0 Å². The van der Waals surface area contributed by atoms with E-state index < -0.39 is 6.10 Å². The van der Waals surface area contributed by atoms with Gasteiger partial charge in [0.15, 0.2) is 5.82 Å². The van der Waals surface area contributed by atoms with E-state index in [1.54, 1.807) is 0 Å². The summed E-state index contributed by atoms with van der Waals surface area (Å²) in [6.07, 6.45) is 4.80. The third-order valence-corrected chi connectivity index (χ3v) is 7.14. The zero-order chi connectivity index (χ0) is 22.7. The number of nitrogens with zero attached hydrogens (tertiary/aromatic N) is 4. The molecule has 1 saturated heterocycles. The van der Waals surface area contributed by atoms with E-state index in [0.717, 1.165) is 48.8 Å². The van der Waals surface area contributed by atoms with E-state index in [1.807, 2.05) is 37.7 Å².